The van der Waals surface area contributed by atoms with Crippen molar-refractivity contribution in [2.75, 3.05) is 26.2 Å². The van der Waals surface area contributed by atoms with Crippen LogP contribution in [0.4, 0.5) is 4.79 Å². The summed E-state index contributed by atoms with van der Waals surface area (Å²) in [5, 5.41) is 3.05. The summed E-state index contributed by atoms with van der Waals surface area (Å²) in [4.78, 5) is 17.7. The van der Waals surface area contributed by atoms with Crippen molar-refractivity contribution in [3.63, 3.8) is 0 Å². The Labute approximate surface area is 170 Å². The topological polar surface area (TPSA) is 35.6 Å². The van der Waals surface area contributed by atoms with Crippen LogP contribution in [0.1, 0.15) is 59.3 Å². The Hall–Kier alpha value is -1.29. The zero-order valence-electron chi connectivity index (χ0n) is 17.9. The number of urea groups is 1. The molecule has 4 nitrogen and oxygen atoms in total. The van der Waals surface area contributed by atoms with Crippen molar-refractivity contribution in [1.29, 1.82) is 0 Å². The molecule has 5 rings (SSSR count). The number of nitrogens with zero attached hydrogens (tertiary/aromatic N) is 2. The van der Waals surface area contributed by atoms with E-state index in [1.54, 1.807) is 5.57 Å². The van der Waals surface area contributed by atoms with Gasteiger partial charge >= 0.3 is 6.03 Å². The highest BCUT2D eigenvalue weighted by molar-refractivity contribution is 5.78. The predicted molar refractivity (Wildman–Crippen MR) is 113 cm³/mol. The molecule has 2 saturated carbocycles. The maximum absolute atomic E-state index is 12.8. The highest BCUT2D eigenvalue weighted by Crippen LogP contribution is 2.54. The van der Waals surface area contributed by atoms with Gasteiger partial charge in [-0.3, -0.25) is 4.90 Å². The number of hydrogen-bond acceptors (Lipinski definition) is 2. The summed E-state index contributed by atoms with van der Waals surface area (Å²) in [6, 6.07) is 0.946. The molecule has 3 aliphatic carbocycles. The van der Waals surface area contributed by atoms with Gasteiger partial charge in [-0.15, -0.1) is 0 Å². The van der Waals surface area contributed by atoms with E-state index in [2.05, 4.69) is 41.1 Å². The van der Waals surface area contributed by atoms with Crippen molar-refractivity contribution >= 4 is 6.03 Å². The number of carbonyl (C=O) groups is 1. The quantitative estimate of drug-likeness (QED) is 0.767. The highest BCUT2D eigenvalue weighted by atomic mass is 16.2. The first-order chi connectivity index (χ1) is 13.5. The lowest BCUT2D eigenvalue weighted by Gasteiger charge is -2.46. The molecule has 5 atom stereocenters. The summed E-state index contributed by atoms with van der Waals surface area (Å²) >= 11 is 0. The van der Waals surface area contributed by atoms with Crippen LogP contribution >= 0.6 is 0 Å². The Morgan fingerprint density at radius 3 is 2.64 bits per heavy atom. The fourth-order valence-corrected chi connectivity index (χ4v) is 7.26. The largest absolute Gasteiger partial charge is 0.338 e. The van der Waals surface area contributed by atoms with Crippen LogP contribution in [0.15, 0.2) is 23.4 Å². The number of rotatable bonds is 2. The van der Waals surface area contributed by atoms with E-state index >= 15 is 0 Å². The molecule has 28 heavy (non-hydrogen) atoms. The Bertz CT molecular complexity index is 703. The molecule has 1 spiro atoms. The molecular weight excluding hydrogens is 346 g/mol. The third-order valence-electron chi connectivity index (χ3n) is 8.90. The SMILES string of the molecule is CCNC(=O)N1CC2(CCN(C3CC4CCC3C4)CC2)C2=C1C=CC(C)C2C. The lowest BCUT2D eigenvalue weighted by Crippen LogP contribution is -2.50. The molecule has 2 heterocycles. The van der Waals surface area contributed by atoms with Gasteiger partial charge in [0.1, 0.15) is 0 Å². The number of nitrogens with one attached hydrogen (secondary N) is 1. The highest BCUT2D eigenvalue weighted by Gasteiger charge is 2.52. The van der Waals surface area contributed by atoms with Crippen molar-refractivity contribution in [3.05, 3.63) is 23.4 Å². The van der Waals surface area contributed by atoms with Crippen molar-refractivity contribution in [1.82, 2.24) is 15.1 Å². The lowest BCUT2D eigenvalue weighted by molar-refractivity contribution is 0.0618. The Kier molecular flexibility index (Phi) is 4.61. The maximum Gasteiger partial charge on any atom is 0.321 e. The number of allylic oxidation sites excluding steroid dienone is 2. The molecule has 3 fully saturated rings. The van der Waals surface area contributed by atoms with E-state index in [1.807, 2.05) is 6.92 Å². The van der Waals surface area contributed by atoms with Gasteiger partial charge in [-0.25, -0.2) is 4.79 Å². The summed E-state index contributed by atoms with van der Waals surface area (Å²) in [6.45, 7) is 10.7. The van der Waals surface area contributed by atoms with E-state index in [4.69, 9.17) is 0 Å². The number of fused-ring (bicyclic) bond motifs is 3. The van der Waals surface area contributed by atoms with Crippen molar-refractivity contribution < 1.29 is 4.79 Å². The molecule has 5 unspecified atom stereocenters. The molecule has 0 aromatic heterocycles. The van der Waals surface area contributed by atoms with E-state index < -0.39 is 0 Å². The first-order valence-corrected chi connectivity index (χ1v) is 11.7. The molecular formula is C24H37N3O. The fourth-order valence-electron chi connectivity index (χ4n) is 7.26. The molecule has 1 N–H and O–H groups in total. The van der Waals surface area contributed by atoms with Gasteiger partial charge in [-0.05, 0) is 87.4 Å². The number of amides is 2. The van der Waals surface area contributed by atoms with Gasteiger partial charge in [0.05, 0.1) is 0 Å². The summed E-state index contributed by atoms with van der Waals surface area (Å²) in [5.74, 6) is 3.09. The molecule has 5 aliphatic rings. The van der Waals surface area contributed by atoms with Gasteiger partial charge in [0.25, 0.3) is 0 Å². The van der Waals surface area contributed by atoms with E-state index in [0.29, 0.717) is 18.4 Å². The van der Waals surface area contributed by atoms with Crippen LogP contribution in [0.5, 0.6) is 0 Å². The zero-order valence-corrected chi connectivity index (χ0v) is 17.9. The number of likely N-dealkylation sites (tertiary alicyclic amines) is 1. The van der Waals surface area contributed by atoms with Crippen LogP contribution < -0.4 is 5.32 Å². The Morgan fingerprint density at radius 1 is 1.21 bits per heavy atom. The first-order valence-electron chi connectivity index (χ1n) is 11.7. The average Bonchev–Trinajstić information content (AvgIpc) is 3.39. The van der Waals surface area contributed by atoms with Crippen LogP contribution in [0, 0.1) is 29.1 Å². The van der Waals surface area contributed by atoms with Crippen LogP contribution in [0.25, 0.3) is 0 Å². The molecule has 0 aromatic rings. The predicted octanol–water partition coefficient (Wildman–Crippen LogP) is 4.40. The number of piperidine rings is 1. The third kappa shape index (κ3) is 2.78. The summed E-state index contributed by atoms with van der Waals surface area (Å²) in [5.41, 5.74) is 3.00. The number of carbonyl (C=O) groups excluding carboxylic acids is 1. The average molecular weight is 384 g/mol. The minimum Gasteiger partial charge on any atom is -0.338 e. The van der Waals surface area contributed by atoms with E-state index in [-0.39, 0.29) is 11.4 Å². The normalized spacial score (nSPS) is 39.1. The standard InChI is InChI=1S/C24H37N3O/c1-4-25-23(28)27-15-24(22-17(3)16(2)5-8-20(22)27)9-11-26(12-10-24)21-14-18-6-7-19(21)13-18/h5,8,16-19,21H,4,6-7,9-15H2,1-3H3,(H,25,28). The van der Waals surface area contributed by atoms with Gasteiger partial charge in [-0.1, -0.05) is 26.3 Å². The second-order valence-corrected chi connectivity index (χ2v) is 10.3. The Morgan fingerprint density at radius 2 is 2.00 bits per heavy atom. The minimum absolute atomic E-state index is 0.0915. The van der Waals surface area contributed by atoms with Crippen LogP contribution in [-0.2, 0) is 0 Å². The maximum atomic E-state index is 12.8. The smallest absolute Gasteiger partial charge is 0.321 e. The van der Waals surface area contributed by atoms with E-state index in [0.717, 1.165) is 24.4 Å². The summed E-state index contributed by atoms with van der Waals surface area (Å²) < 4.78 is 0. The first kappa shape index (κ1) is 18.7. The van der Waals surface area contributed by atoms with Crippen molar-refractivity contribution in [2.24, 2.45) is 29.1 Å². The van der Waals surface area contributed by atoms with Gasteiger partial charge in [0, 0.05) is 30.2 Å². The van der Waals surface area contributed by atoms with Gasteiger partial charge < -0.3 is 10.2 Å². The second kappa shape index (κ2) is 6.90. The molecule has 154 valence electrons. The lowest BCUT2D eigenvalue weighted by atomic mass is 9.66. The van der Waals surface area contributed by atoms with Gasteiger partial charge in [0.15, 0.2) is 0 Å². The summed E-state index contributed by atoms with van der Waals surface area (Å²) in [7, 11) is 0. The zero-order chi connectivity index (χ0) is 19.5. The van der Waals surface area contributed by atoms with E-state index in [9.17, 15) is 4.79 Å². The van der Waals surface area contributed by atoms with E-state index in [1.165, 1.54) is 57.3 Å². The van der Waals surface area contributed by atoms with Crippen LogP contribution in [0.3, 0.4) is 0 Å². The van der Waals surface area contributed by atoms with Crippen LogP contribution in [0.2, 0.25) is 0 Å². The molecule has 4 heteroatoms. The molecule has 2 aliphatic heterocycles. The third-order valence-corrected chi connectivity index (χ3v) is 8.90. The van der Waals surface area contributed by atoms with Crippen molar-refractivity contribution in [3.8, 4) is 0 Å². The monoisotopic (exact) mass is 383 g/mol. The molecule has 1 saturated heterocycles. The van der Waals surface area contributed by atoms with Gasteiger partial charge in [0.2, 0.25) is 0 Å². The second-order valence-electron chi connectivity index (χ2n) is 10.3. The molecule has 2 bridgehead atoms. The minimum atomic E-state index is 0.0915. The van der Waals surface area contributed by atoms with Crippen LogP contribution in [-0.4, -0.2) is 48.1 Å². The van der Waals surface area contributed by atoms with Crippen molar-refractivity contribution in [2.45, 2.75) is 65.3 Å². The molecule has 0 aromatic carbocycles. The summed E-state index contributed by atoms with van der Waals surface area (Å²) in [6.07, 6.45) is 12.9. The van der Waals surface area contributed by atoms with Gasteiger partial charge in [-0.2, -0.15) is 0 Å². The molecule has 2 amide bonds. The fraction of sp³-hybridized carbons (Fsp3) is 0.792. The Balaban J connectivity index is 1.38. The number of hydrogen-bond donors (Lipinski definition) is 1. The molecule has 0 radical (unpaired) electrons.